The van der Waals surface area contributed by atoms with Gasteiger partial charge < -0.3 is 4.90 Å². The van der Waals surface area contributed by atoms with E-state index in [0.29, 0.717) is 42.8 Å². The van der Waals surface area contributed by atoms with Crippen LogP contribution in [0.15, 0.2) is 28.4 Å². The number of thiophene rings is 1. The molecule has 1 fully saturated rings. The van der Waals surface area contributed by atoms with Gasteiger partial charge in [0, 0.05) is 19.1 Å². The summed E-state index contributed by atoms with van der Waals surface area (Å²) in [5, 5.41) is 4.73. The summed E-state index contributed by atoms with van der Waals surface area (Å²) in [5.74, 6) is -0.321. The van der Waals surface area contributed by atoms with Crippen molar-refractivity contribution in [3.8, 4) is 0 Å². The van der Waals surface area contributed by atoms with Crippen LogP contribution in [0, 0.1) is 0 Å². The van der Waals surface area contributed by atoms with Crippen molar-refractivity contribution >= 4 is 28.3 Å². The zero-order valence-corrected chi connectivity index (χ0v) is 18.0. The van der Waals surface area contributed by atoms with Gasteiger partial charge in [-0.05, 0) is 55.2 Å². The number of carbonyl (C=O) groups excluding carboxylic acids is 1. The number of carbonyl (C=O) groups is 1. The molecule has 4 heterocycles. The Kier molecular flexibility index (Phi) is 5.67. The van der Waals surface area contributed by atoms with Gasteiger partial charge in [0.15, 0.2) is 5.65 Å². The summed E-state index contributed by atoms with van der Waals surface area (Å²) in [6.07, 6.45) is -3.01. The zero-order valence-electron chi connectivity index (χ0n) is 17.2. The van der Waals surface area contributed by atoms with Gasteiger partial charge in [-0.1, -0.05) is 13.0 Å². The normalized spacial score (nSPS) is 16.7. The molecule has 0 aromatic carbocycles. The quantitative estimate of drug-likeness (QED) is 0.618. The van der Waals surface area contributed by atoms with Crippen LogP contribution in [-0.2, 0) is 6.18 Å². The third-order valence-corrected chi connectivity index (χ3v) is 6.84. The number of rotatable bonds is 4. The molecule has 1 saturated heterocycles. The summed E-state index contributed by atoms with van der Waals surface area (Å²) in [5.41, 5.74) is -1.02. The summed E-state index contributed by atoms with van der Waals surface area (Å²) >= 11 is 1.37. The Bertz CT molecular complexity index is 1140. The van der Waals surface area contributed by atoms with Crippen molar-refractivity contribution in [2.24, 2.45) is 0 Å². The van der Waals surface area contributed by atoms with E-state index in [9.17, 15) is 22.8 Å². The summed E-state index contributed by atoms with van der Waals surface area (Å²) in [6, 6.07) is 4.39. The molecular formula is C21H23F3N4O2S. The zero-order chi connectivity index (χ0) is 22.3. The average Bonchev–Trinajstić information content (AvgIpc) is 3.40. The van der Waals surface area contributed by atoms with Crippen molar-refractivity contribution < 1.29 is 18.0 Å². The first-order valence-corrected chi connectivity index (χ1v) is 11.1. The van der Waals surface area contributed by atoms with Gasteiger partial charge >= 0.3 is 6.18 Å². The predicted octanol–water partition coefficient (Wildman–Crippen LogP) is 4.80. The Hall–Kier alpha value is -2.62. The smallest absolute Gasteiger partial charge is 0.338 e. The second kappa shape index (κ2) is 8.14. The third kappa shape index (κ3) is 4.00. The lowest BCUT2D eigenvalue weighted by atomic mass is 9.87. The second-order valence-electron chi connectivity index (χ2n) is 7.91. The first-order chi connectivity index (χ1) is 14.7. The molecule has 166 valence electrons. The molecule has 6 nitrogen and oxygen atoms in total. The lowest BCUT2D eigenvalue weighted by Gasteiger charge is -2.32. The molecule has 0 aliphatic carbocycles. The molecule has 3 aromatic rings. The van der Waals surface area contributed by atoms with Crippen LogP contribution >= 0.6 is 11.3 Å². The third-order valence-electron chi connectivity index (χ3n) is 5.98. The number of alkyl halides is 3. The number of H-pyrrole nitrogens is 1. The maximum Gasteiger partial charge on any atom is 0.433 e. The summed E-state index contributed by atoms with van der Waals surface area (Å²) in [4.78, 5) is 31.5. The predicted molar refractivity (Wildman–Crippen MR) is 113 cm³/mol. The van der Waals surface area contributed by atoms with E-state index in [1.54, 1.807) is 11.0 Å². The van der Waals surface area contributed by atoms with Crippen molar-refractivity contribution in [1.29, 1.82) is 0 Å². The molecule has 31 heavy (non-hydrogen) atoms. The minimum atomic E-state index is -4.62. The van der Waals surface area contributed by atoms with Crippen LogP contribution in [0.5, 0.6) is 0 Å². The number of hydrogen-bond acceptors (Lipinski definition) is 4. The van der Waals surface area contributed by atoms with Gasteiger partial charge in [0.25, 0.3) is 11.5 Å². The van der Waals surface area contributed by atoms with Crippen molar-refractivity contribution in [2.45, 2.75) is 51.2 Å². The highest BCUT2D eigenvalue weighted by atomic mass is 32.1. The number of amides is 1. The Labute approximate surface area is 180 Å². The van der Waals surface area contributed by atoms with E-state index in [1.165, 1.54) is 16.0 Å². The first kappa shape index (κ1) is 21.6. The fourth-order valence-electron chi connectivity index (χ4n) is 4.09. The van der Waals surface area contributed by atoms with E-state index < -0.39 is 17.4 Å². The molecule has 10 heteroatoms. The van der Waals surface area contributed by atoms with Gasteiger partial charge in [-0.25, -0.2) is 4.98 Å². The van der Waals surface area contributed by atoms with E-state index in [0.717, 1.165) is 6.07 Å². The van der Waals surface area contributed by atoms with Crippen molar-refractivity contribution in [3.05, 3.63) is 50.1 Å². The largest absolute Gasteiger partial charge is 0.433 e. The van der Waals surface area contributed by atoms with Crippen LogP contribution in [0.4, 0.5) is 13.2 Å². The first-order valence-electron chi connectivity index (χ1n) is 10.3. The second-order valence-corrected chi connectivity index (χ2v) is 8.85. The number of pyridine rings is 1. The van der Waals surface area contributed by atoms with Crippen molar-refractivity contribution in [3.63, 3.8) is 0 Å². The molecule has 0 bridgehead atoms. The topological polar surface area (TPSA) is 71.0 Å². The van der Waals surface area contributed by atoms with E-state index in [4.69, 9.17) is 0 Å². The average molecular weight is 453 g/mol. The van der Waals surface area contributed by atoms with E-state index in [1.807, 2.05) is 25.3 Å². The van der Waals surface area contributed by atoms with Crippen molar-refractivity contribution in [2.75, 3.05) is 13.1 Å². The number of halogens is 3. The number of nitrogens with zero attached hydrogens (tertiary/aromatic N) is 3. The van der Waals surface area contributed by atoms with E-state index in [2.05, 4.69) is 10.1 Å². The molecule has 1 atom stereocenters. The fraction of sp³-hybridized carbons (Fsp3) is 0.476. The van der Waals surface area contributed by atoms with Gasteiger partial charge in [-0.2, -0.15) is 13.2 Å². The van der Waals surface area contributed by atoms with Crippen LogP contribution in [-0.4, -0.2) is 38.7 Å². The van der Waals surface area contributed by atoms with Crippen LogP contribution < -0.4 is 5.56 Å². The molecule has 1 N–H and O–H groups in total. The van der Waals surface area contributed by atoms with Crippen LogP contribution in [0.1, 0.15) is 66.0 Å². The maximum absolute atomic E-state index is 13.6. The Balaban J connectivity index is 1.71. The van der Waals surface area contributed by atoms with Gasteiger partial charge in [0.05, 0.1) is 10.3 Å². The number of aromatic amines is 1. The monoisotopic (exact) mass is 452 g/mol. The lowest BCUT2D eigenvalue weighted by molar-refractivity contribution is -0.141. The Morgan fingerprint density at radius 1 is 1.35 bits per heavy atom. The minimum Gasteiger partial charge on any atom is -0.338 e. The van der Waals surface area contributed by atoms with E-state index in [-0.39, 0.29) is 28.9 Å². The highest BCUT2D eigenvalue weighted by Crippen LogP contribution is 2.37. The Morgan fingerprint density at radius 3 is 2.65 bits per heavy atom. The van der Waals surface area contributed by atoms with Gasteiger partial charge in [-0.15, -0.1) is 11.3 Å². The summed E-state index contributed by atoms with van der Waals surface area (Å²) < 4.78 is 42.2. The summed E-state index contributed by atoms with van der Waals surface area (Å²) in [6.45, 7) is 4.57. The molecule has 0 radical (unpaired) electrons. The standard InChI is InChI=1S/C21H23F3N4O2S/c1-3-12(2)28-18-17(19(29)26-28)14(11-16(25-18)21(22,23)24)13-6-8-27(9-7-13)20(30)15-5-4-10-31-15/h4-5,10-13H,3,6-9H2,1-2H3,(H,26,29)/t12-/m1/s1. The molecule has 1 aliphatic heterocycles. The van der Waals surface area contributed by atoms with Crippen LogP contribution in [0.25, 0.3) is 11.0 Å². The Morgan fingerprint density at radius 2 is 2.06 bits per heavy atom. The molecule has 4 rings (SSSR count). The molecular weight excluding hydrogens is 429 g/mol. The van der Waals surface area contributed by atoms with E-state index >= 15 is 0 Å². The van der Waals surface area contributed by atoms with Crippen LogP contribution in [0.2, 0.25) is 0 Å². The molecule has 3 aromatic heterocycles. The number of hydrogen-bond donors (Lipinski definition) is 1. The summed E-state index contributed by atoms with van der Waals surface area (Å²) in [7, 11) is 0. The van der Waals surface area contributed by atoms with Crippen molar-refractivity contribution in [1.82, 2.24) is 19.7 Å². The molecule has 1 amide bonds. The molecule has 0 unspecified atom stereocenters. The lowest BCUT2D eigenvalue weighted by Crippen LogP contribution is -2.37. The highest BCUT2D eigenvalue weighted by molar-refractivity contribution is 7.12. The van der Waals surface area contributed by atoms with Crippen LogP contribution in [0.3, 0.4) is 0 Å². The molecule has 1 aliphatic rings. The van der Waals surface area contributed by atoms with Gasteiger partial charge in [-0.3, -0.25) is 19.4 Å². The fourth-order valence-corrected chi connectivity index (χ4v) is 4.79. The SMILES string of the molecule is CC[C@@H](C)n1[nH]c(=O)c2c(C3CCN(C(=O)c4cccs4)CC3)cc(C(F)(F)F)nc21. The van der Waals surface area contributed by atoms with Gasteiger partial charge in [0.1, 0.15) is 5.69 Å². The number of likely N-dealkylation sites (tertiary alicyclic amines) is 1. The number of aromatic nitrogens is 3. The number of fused-ring (bicyclic) bond motifs is 1. The molecule has 0 saturated carbocycles. The molecule has 0 spiro atoms. The highest BCUT2D eigenvalue weighted by Gasteiger charge is 2.36. The number of nitrogens with one attached hydrogen (secondary N) is 1. The minimum absolute atomic E-state index is 0.0428. The number of piperidine rings is 1. The maximum atomic E-state index is 13.6. The van der Waals surface area contributed by atoms with Gasteiger partial charge in [0.2, 0.25) is 0 Å².